The van der Waals surface area contributed by atoms with Crippen molar-refractivity contribution in [3.05, 3.63) is 75.0 Å². The normalized spacial score (nSPS) is 10.7. The Morgan fingerprint density at radius 2 is 1.64 bits per heavy atom. The van der Waals surface area contributed by atoms with E-state index in [0.717, 1.165) is 21.2 Å². The summed E-state index contributed by atoms with van der Waals surface area (Å²) in [5.74, 6) is 0.733. The maximum Gasteiger partial charge on any atom is 0.274 e. The summed E-state index contributed by atoms with van der Waals surface area (Å²) in [6.07, 6.45) is 0. The minimum absolute atomic E-state index is 0.122. The zero-order valence-electron chi connectivity index (χ0n) is 14.1. The highest BCUT2D eigenvalue weighted by molar-refractivity contribution is 7.99. The van der Waals surface area contributed by atoms with E-state index in [2.05, 4.69) is 5.10 Å². The molecule has 25 heavy (non-hydrogen) atoms. The van der Waals surface area contributed by atoms with Gasteiger partial charge < -0.3 is 4.74 Å². The molecule has 1 heterocycles. The van der Waals surface area contributed by atoms with E-state index in [1.807, 2.05) is 62.4 Å². The van der Waals surface area contributed by atoms with Gasteiger partial charge in [-0.1, -0.05) is 23.4 Å². The van der Waals surface area contributed by atoms with Gasteiger partial charge in [-0.15, -0.1) is 0 Å². The predicted octanol–water partition coefficient (Wildman–Crippen LogP) is 4.66. The number of benzene rings is 2. The Morgan fingerprint density at radius 1 is 1.00 bits per heavy atom. The maximum absolute atomic E-state index is 12.6. The molecule has 3 rings (SSSR count). The van der Waals surface area contributed by atoms with Crippen molar-refractivity contribution in [1.29, 1.82) is 0 Å². The molecule has 0 N–H and O–H groups in total. The second-order valence-corrected chi connectivity index (χ2v) is 7.02. The Balaban J connectivity index is 2.05. The predicted molar refractivity (Wildman–Crippen MR) is 101 cm³/mol. The van der Waals surface area contributed by atoms with Gasteiger partial charge in [0.2, 0.25) is 0 Å². The molecular weight excluding hydrogens is 356 g/mol. The summed E-state index contributed by atoms with van der Waals surface area (Å²) < 4.78 is 6.60. The monoisotopic (exact) mass is 372 g/mol. The standard InChI is InChI=1S/C19H17ClN2O2S/c1-12-13(2)19(23)22(15-6-8-16(24-3)9-7-15)21-18(12)25-17-10-4-14(20)5-11-17/h4-11H,1-3H3. The van der Waals surface area contributed by atoms with E-state index in [1.54, 1.807) is 7.11 Å². The van der Waals surface area contributed by atoms with Crippen LogP contribution in [0.4, 0.5) is 0 Å². The Morgan fingerprint density at radius 3 is 2.24 bits per heavy atom. The van der Waals surface area contributed by atoms with Crippen LogP contribution in [-0.4, -0.2) is 16.9 Å². The van der Waals surface area contributed by atoms with E-state index in [1.165, 1.54) is 16.4 Å². The van der Waals surface area contributed by atoms with Crippen LogP contribution in [0.5, 0.6) is 5.75 Å². The fraction of sp³-hybridized carbons (Fsp3) is 0.158. The van der Waals surface area contributed by atoms with Crippen LogP contribution < -0.4 is 10.3 Å². The summed E-state index contributed by atoms with van der Waals surface area (Å²) in [5, 5.41) is 6.05. The smallest absolute Gasteiger partial charge is 0.274 e. The molecule has 0 atom stereocenters. The van der Waals surface area contributed by atoms with Crippen LogP contribution in [0.3, 0.4) is 0 Å². The van der Waals surface area contributed by atoms with Crippen molar-refractivity contribution in [2.24, 2.45) is 0 Å². The molecule has 4 nitrogen and oxygen atoms in total. The van der Waals surface area contributed by atoms with Crippen LogP contribution in [0, 0.1) is 13.8 Å². The first-order chi connectivity index (χ1) is 12.0. The second-order valence-electron chi connectivity index (χ2n) is 5.53. The third-order valence-corrected chi connectivity index (χ3v) is 5.27. The zero-order valence-corrected chi connectivity index (χ0v) is 15.7. The van der Waals surface area contributed by atoms with Gasteiger partial charge in [0.25, 0.3) is 5.56 Å². The fourth-order valence-electron chi connectivity index (χ4n) is 2.30. The molecule has 0 aliphatic heterocycles. The van der Waals surface area contributed by atoms with Crippen LogP contribution in [-0.2, 0) is 0 Å². The Labute approximate surface area is 155 Å². The Hall–Kier alpha value is -2.24. The minimum Gasteiger partial charge on any atom is -0.497 e. The third-order valence-electron chi connectivity index (χ3n) is 3.93. The molecule has 0 radical (unpaired) electrons. The number of rotatable bonds is 4. The van der Waals surface area contributed by atoms with Gasteiger partial charge >= 0.3 is 0 Å². The molecule has 2 aromatic carbocycles. The molecule has 0 saturated heterocycles. The van der Waals surface area contributed by atoms with Gasteiger partial charge in [-0.3, -0.25) is 4.79 Å². The van der Waals surface area contributed by atoms with Crippen molar-refractivity contribution in [2.75, 3.05) is 7.11 Å². The van der Waals surface area contributed by atoms with E-state index in [-0.39, 0.29) is 5.56 Å². The van der Waals surface area contributed by atoms with E-state index in [4.69, 9.17) is 16.3 Å². The van der Waals surface area contributed by atoms with E-state index in [0.29, 0.717) is 16.3 Å². The fourth-order valence-corrected chi connectivity index (χ4v) is 3.35. The average molecular weight is 373 g/mol. The summed E-state index contributed by atoms with van der Waals surface area (Å²) in [6, 6.07) is 14.8. The third kappa shape index (κ3) is 3.72. The number of ether oxygens (including phenoxy) is 1. The summed E-state index contributed by atoms with van der Waals surface area (Å²) in [6.45, 7) is 3.74. The molecular formula is C19H17ClN2O2S. The van der Waals surface area contributed by atoms with Gasteiger partial charge in [-0.2, -0.15) is 9.78 Å². The molecule has 128 valence electrons. The van der Waals surface area contributed by atoms with Crippen molar-refractivity contribution < 1.29 is 4.74 Å². The zero-order chi connectivity index (χ0) is 18.0. The van der Waals surface area contributed by atoms with Crippen LogP contribution in [0.2, 0.25) is 5.02 Å². The molecule has 0 fully saturated rings. The first kappa shape index (κ1) is 17.6. The topological polar surface area (TPSA) is 44.1 Å². The van der Waals surface area contributed by atoms with E-state index < -0.39 is 0 Å². The minimum atomic E-state index is -0.122. The van der Waals surface area contributed by atoms with Crippen LogP contribution in [0.1, 0.15) is 11.1 Å². The number of halogens is 1. The van der Waals surface area contributed by atoms with E-state index >= 15 is 0 Å². The van der Waals surface area contributed by atoms with Crippen LogP contribution in [0.25, 0.3) is 5.69 Å². The van der Waals surface area contributed by atoms with Crippen LogP contribution in [0.15, 0.2) is 63.2 Å². The van der Waals surface area contributed by atoms with Crippen molar-refractivity contribution in [2.45, 2.75) is 23.8 Å². The molecule has 1 aromatic heterocycles. The van der Waals surface area contributed by atoms with E-state index in [9.17, 15) is 4.79 Å². The lowest BCUT2D eigenvalue weighted by Gasteiger charge is -2.12. The first-order valence-corrected chi connectivity index (χ1v) is 8.87. The Bertz CT molecular complexity index is 951. The highest BCUT2D eigenvalue weighted by atomic mass is 35.5. The number of methoxy groups -OCH3 is 1. The Kier molecular flexibility index (Phi) is 5.16. The first-order valence-electron chi connectivity index (χ1n) is 7.68. The van der Waals surface area contributed by atoms with Gasteiger partial charge in [0.15, 0.2) is 0 Å². The molecule has 3 aromatic rings. The van der Waals surface area contributed by atoms with Crippen LogP contribution >= 0.6 is 23.4 Å². The summed E-state index contributed by atoms with van der Waals surface area (Å²) in [7, 11) is 1.61. The molecule has 0 aliphatic rings. The number of aromatic nitrogens is 2. The number of nitrogens with zero attached hydrogens (tertiary/aromatic N) is 2. The molecule has 0 amide bonds. The lowest BCUT2D eigenvalue weighted by molar-refractivity contribution is 0.414. The van der Waals surface area contributed by atoms with Gasteiger partial charge in [0, 0.05) is 15.5 Å². The average Bonchev–Trinajstić information content (AvgIpc) is 2.64. The molecule has 0 aliphatic carbocycles. The largest absolute Gasteiger partial charge is 0.497 e. The number of hydrogen-bond donors (Lipinski definition) is 0. The SMILES string of the molecule is COc1ccc(-n2nc(Sc3ccc(Cl)cc3)c(C)c(C)c2=O)cc1. The van der Waals surface area contributed by atoms with Gasteiger partial charge in [-0.25, -0.2) is 0 Å². The lowest BCUT2D eigenvalue weighted by Crippen LogP contribution is -2.25. The van der Waals surface area contributed by atoms with Crippen molar-refractivity contribution >= 4 is 23.4 Å². The number of hydrogen-bond acceptors (Lipinski definition) is 4. The van der Waals surface area contributed by atoms with Crippen molar-refractivity contribution in [3.63, 3.8) is 0 Å². The molecule has 6 heteroatoms. The summed E-state index contributed by atoms with van der Waals surface area (Å²) >= 11 is 7.45. The van der Waals surface area contributed by atoms with Gasteiger partial charge in [-0.05, 0) is 67.9 Å². The highest BCUT2D eigenvalue weighted by Gasteiger charge is 2.13. The second kappa shape index (κ2) is 7.33. The molecule has 0 saturated carbocycles. The highest BCUT2D eigenvalue weighted by Crippen LogP contribution is 2.30. The van der Waals surface area contributed by atoms with Gasteiger partial charge in [0.1, 0.15) is 10.8 Å². The summed E-state index contributed by atoms with van der Waals surface area (Å²) in [5.41, 5.74) is 2.15. The molecule has 0 unspecified atom stereocenters. The quantitative estimate of drug-likeness (QED) is 0.668. The maximum atomic E-state index is 12.6. The van der Waals surface area contributed by atoms with Gasteiger partial charge in [0.05, 0.1) is 12.8 Å². The van der Waals surface area contributed by atoms with Crippen molar-refractivity contribution in [3.8, 4) is 11.4 Å². The van der Waals surface area contributed by atoms with Crippen molar-refractivity contribution in [1.82, 2.24) is 9.78 Å². The summed E-state index contributed by atoms with van der Waals surface area (Å²) in [4.78, 5) is 13.6. The lowest BCUT2D eigenvalue weighted by atomic mass is 10.2. The molecule has 0 spiro atoms. The molecule has 0 bridgehead atoms.